The van der Waals surface area contributed by atoms with Crippen LogP contribution < -0.4 is 5.32 Å². The molecule has 0 bridgehead atoms. The van der Waals surface area contributed by atoms with Gasteiger partial charge >= 0.3 is 0 Å². The van der Waals surface area contributed by atoms with Gasteiger partial charge in [0, 0.05) is 11.4 Å². The van der Waals surface area contributed by atoms with Crippen molar-refractivity contribution in [1.82, 2.24) is 0 Å². The molecule has 1 aliphatic heterocycles. The number of anilines is 2. The molecule has 3 rings (SSSR count). The van der Waals surface area contributed by atoms with E-state index in [9.17, 15) is 0 Å². The van der Waals surface area contributed by atoms with E-state index in [1.165, 1.54) is 28.1 Å². The summed E-state index contributed by atoms with van der Waals surface area (Å²) in [6.07, 6.45) is 4.32. The fraction of sp³-hybridized carbons (Fsp3) is 0.0667. The molecule has 1 nitrogen and oxygen atoms in total. The normalized spacial score (nSPS) is 12.3. The highest BCUT2D eigenvalue weighted by Gasteiger charge is 2.07. The van der Waals surface area contributed by atoms with Gasteiger partial charge in [0.15, 0.2) is 0 Å². The van der Waals surface area contributed by atoms with Crippen LogP contribution in [-0.2, 0) is 0 Å². The van der Waals surface area contributed by atoms with Gasteiger partial charge in [0.25, 0.3) is 0 Å². The first kappa shape index (κ1) is 9.22. The second-order valence-corrected chi connectivity index (χ2v) is 4.14. The average molecular weight is 207 g/mol. The second kappa shape index (κ2) is 3.53. The Morgan fingerprint density at radius 3 is 2.44 bits per heavy atom. The molecule has 0 amide bonds. The van der Waals surface area contributed by atoms with Gasteiger partial charge in [0.2, 0.25) is 0 Å². The minimum Gasteiger partial charge on any atom is -0.355 e. The molecular formula is C15H13N. The molecule has 1 aliphatic rings. The lowest BCUT2D eigenvalue weighted by molar-refractivity contribution is 1.44. The SMILES string of the molecule is Cc1ccc2c(c1)Nc1ccccc1C=C2. The zero-order valence-corrected chi connectivity index (χ0v) is 9.20. The summed E-state index contributed by atoms with van der Waals surface area (Å²) in [4.78, 5) is 0. The topological polar surface area (TPSA) is 12.0 Å². The van der Waals surface area contributed by atoms with Crippen LogP contribution in [0.15, 0.2) is 42.5 Å². The van der Waals surface area contributed by atoms with Crippen LogP contribution in [0, 0.1) is 6.92 Å². The van der Waals surface area contributed by atoms with Gasteiger partial charge in [0.1, 0.15) is 0 Å². The Labute approximate surface area is 95.4 Å². The molecule has 0 spiro atoms. The minimum atomic E-state index is 1.17. The number of hydrogen-bond acceptors (Lipinski definition) is 1. The molecule has 1 N–H and O–H groups in total. The van der Waals surface area contributed by atoms with Crippen LogP contribution >= 0.6 is 0 Å². The summed E-state index contributed by atoms with van der Waals surface area (Å²) >= 11 is 0. The van der Waals surface area contributed by atoms with E-state index < -0.39 is 0 Å². The van der Waals surface area contributed by atoms with E-state index in [0.29, 0.717) is 0 Å². The van der Waals surface area contributed by atoms with Gasteiger partial charge in [-0.2, -0.15) is 0 Å². The quantitative estimate of drug-likeness (QED) is 0.582. The van der Waals surface area contributed by atoms with Crippen molar-refractivity contribution in [3.05, 3.63) is 59.2 Å². The van der Waals surface area contributed by atoms with Crippen molar-refractivity contribution < 1.29 is 0 Å². The number of rotatable bonds is 0. The highest BCUT2D eigenvalue weighted by atomic mass is 14.9. The first-order valence-electron chi connectivity index (χ1n) is 5.48. The molecule has 2 aromatic rings. The van der Waals surface area contributed by atoms with Gasteiger partial charge in [-0.15, -0.1) is 0 Å². The van der Waals surface area contributed by atoms with Crippen molar-refractivity contribution in [2.24, 2.45) is 0 Å². The predicted octanol–water partition coefficient (Wildman–Crippen LogP) is 4.22. The summed E-state index contributed by atoms with van der Waals surface area (Å²) < 4.78 is 0. The Balaban J connectivity index is 2.18. The fourth-order valence-electron chi connectivity index (χ4n) is 2.00. The molecule has 0 unspecified atom stereocenters. The molecular weight excluding hydrogens is 194 g/mol. The largest absolute Gasteiger partial charge is 0.355 e. The lowest BCUT2D eigenvalue weighted by Gasteiger charge is -2.10. The average Bonchev–Trinajstić information content (AvgIpc) is 2.47. The molecule has 0 atom stereocenters. The lowest BCUT2D eigenvalue weighted by Crippen LogP contribution is -1.93. The first-order valence-corrected chi connectivity index (χ1v) is 5.48. The van der Waals surface area contributed by atoms with E-state index in [1.807, 2.05) is 0 Å². The van der Waals surface area contributed by atoms with Gasteiger partial charge in [-0.05, 0) is 35.7 Å². The van der Waals surface area contributed by atoms with Crippen LogP contribution in [-0.4, -0.2) is 0 Å². The van der Waals surface area contributed by atoms with E-state index in [-0.39, 0.29) is 0 Å². The number of aryl methyl sites for hydroxylation is 1. The summed E-state index contributed by atoms with van der Waals surface area (Å²) in [6, 6.07) is 14.8. The smallest absolute Gasteiger partial charge is 0.0460 e. The number of para-hydroxylation sites is 1. The molecule has 0 aliphatic carbocycles. The second-order valence-electron chi connectivity index (χ2n) is 4.14. The minimum absolute atomic E-state index is 1.17. The molecule has 1 heteroatoms. The van der Waals surface area contributed by atoms with Crippen molar-refractivity contribution in [3.8, 4) is 0 Å². The Bertz CT molecular complexity index is 567. The van der Waals surface area contributed by atoms with E-state index in [1.54, 1.807) is 0 Å². The fourth-order valence-corrected chi connectivity index (χ4v) is 2.00. The van der Waals surface area contributed by atoms with Crippen LogP contribution in [0.25, 0.3) is 12.2 Å². The summed E-state index contributed by atoms with van der Waals surface area (Å²) in [5, 5.41) is 3.48. The zero-order chi connectivity index (χ0) is 11.0. The third-order valence-corrected chi connectivity index (χ3v) is 2.88. The maximum atomic E-state index is 3.48. The highest BCUT2D eigenvalue weighted by molar-refractivity contribution is 5.87. The Morgan fingerprint density at radius 1 is 0.812 bits per heavy atom. The maximum absolute atomic E-state index is 3.48. The Morgan fingerprint density at radius 2 is 1.56 bits per heavy atom. The molecule has 0 aromatic heterocycles. The number of hydrogen-bond donors (Lipinski definition) is 1. The van der Waals surface area contributed by atoms with Crippen molar-refractivity contribution in [2.45, 2.75) is 6.92 Å². The van der Waals surface area contributed by atoms with E-state index in [0.717, 1.165) is 0 Å². The molecule has 0 saturated heterocycles. The molecule has 1 heterocycles. The van der Waals surface area contributed by atoms with Gasteiger partial charge in [-0.3, -0.25) is 0 Å². The third kappa shape index (κ3) is 1.50. The number of nitrogens with one attached hydrogen (secondary N) is 1. The Hall–Kier alpha value is -2.02. The van der Waals surface area contributed by atoms with E-state index >= 15 is 0 Å². The summed E-state index contributed by atoms with van der Waals surface area (Å²) in [7, 11) is 0. The van der Waals surface area contributed by atoms with Gasteiger partial charge in [-0.25, -0.2) is 0 Å². The molecule has 78 valence electrons. The first-order chi connectivity index (χ1) is 7.83. The van der Waals surface area contributed by atoms with Crippen molar-refractivity contribution in [3.63, 3.8) is 0 Å². The monoisotopic (exact) mass is 207 g/mol. The molecule has 2 aromatic carbocycles. The van der Waals surface area contributed by atoms with Crippen LogP contribution in [0.2, 0.25) is 0 Å². The zero-order valence-electron chi connectivity index (χ0n) is 9.20. The van der Waals surface area contributed by atoms with Crippen LogP contribution in [0.5, 0.6) is 0 Å². The standard InChI is InChI=1S/C15H13N/c1-11-6-7-13-9-8-12-4-2-3-5-14(12)16-15(13)10-11/h2-10,16H,1H3. The Kier molecular flexibility index (Phi) is 2.03. The third-order valence-electron chi connectivity index (χ3n) is 2.88. The summed E-state index contributed by atoms with van der Waals surface area (Å²) in [6.45, 7) is 2.11. The van der Waals surface area contributed by atoms with Crippen molar-refractivity contribution in [2.75, 3.05) is 5.32 Å². The number of benzene rings is 2. The summed E-state index contributed by atoms with van der Waals surface area (Å²) in [5.41, 5.74) is 6.10. The maximum Gasteiger partial charge on any atom is 0.0460 e. The molecule has 0 saturated carbocycles. The van der Waals surface area contributed by atoms with Gasteiger partial charge < -0.3 is 5.32 Å². The van der Waals surface area contributed by atoms with E-state index in [2.05, 4.69) is 66.9 Å². The lowest BCUT2D eigenvalue weighted by atomic mass is 10.1. The number of fused-ring (bicyclic) bond motifs is 2. The molecule has 16 heavy (non-hydrogen) atoms. The highest BCUT2D eigenvalue weighted by Crippen LogP contribution is 2.30. The van der Waals surface area contributed by atoms with Crippen LogP contribution in [0.1, 0.15) is 16.7 Å². The summed E-state index contributed by atoms with van der Waals surface area (Å²) in [5.74, 6) is 0. The van der Waals surface area contributed by atoms with Crippen molar-refractivity contribution in [1.29, 1.82) is 0 Å². The van der Waals surface area contributed by atoms with Gasteiger partial charge in [0.05, 0.1) is 0 Å². The van der Waals surface area contributed by atoms with E-state index in [4.69, 9.17) is 0 Å². The van der Waals surface area contributed by atoms with Crippen LogP contribution in [0.3, 0.4) is 0 Å². The van der Waals surface area contributed by atoms with Gasteiger partial charge in [-0.1, -0.05) is 42.5 Å². The molecule has 0 fully saturated rings. The molecule has 0 radical (unpaired) electrons. The van der Waals surface area contributed by atoms with Crippen molar-refractivity contribution >= 4 is 23.5 Å². The van der Waals surface area contributed by atoms with Crippen LogP contribution in [0.4, 0.5) is 11.4 Å². The predicted molar refractivity (Wildman–Crippen MR) is 69.8 cm³/mol.